The van der Waals surface area contributed by atoms with Crippen LogP contribution in [0.3, 0.4) is 0 Å². The molecule has 4 N–H and O–H groups in total. The highest BCUT2D eigenvalue weighted by Gasteiger charge is 2.12. The van der Waals surface area contributed by atoms with Crippen molar-refractivity contribution in [1.82, 2.24) is 5.32 Å². The Morgan fingerprint density at radius 3 is 2.95 bits per heavy atom. The number of thioether (sulfide) groups is 1. The van der Waals surface area contributed by atoms with Crippen molar-refractivity contribution < 1.29 is 5.21 Å². The Morgan fingerprint density at radius 1 is 1.42 bits per heavy atom. The van der Waals surface area contributed by atoms with E-state index in [0.717, 1.165) is 30.1 Å². The van der Waals surface area contributed by atoms with Gasteiger partial charge in [0.1, 0.15) is 0 Å². The number of nitrogens with zero attached hydrogens (tertiary/aromatic N) is 1. The Morgan fingerprint density at radius 2 is 2.21 bits per heavy atom. The van der Waals surface area contributed by atoms with E-state index >= 15 is 0 Å². The molecule has 5 heteroatoms. The average molecular weight is 279 g/mol. The molecule has 4 nitrogen and oxygen atoms in total. The van der Waals surface area contributed by atoms with Gasteiger partial charge in [0, 0.05) is 12.1 Å². The summed E-state index contributed by atoms with van der Waals surface area (Å²) >= 11 is 2.06. The minimum Gasteiger partial charge on any atom is -0.409 e. The van der Waals surface area contributed by atoms with Crippen molar-refractivity contribution in [3.05, 3.63) is 35.4 Å². The van der Waals surface area contributed by atoms with E-state index in [0.29, 0.717) is 0 Å². The lowest BCUT2D eigenvalue weighted by molar-refractivity contribution is 0.318. The highest BCUT2D eigenvalue weighted by molar-refractivity contribution is 7.99. The monoisotopic (exact) mass is 279 g/mol. The highest BCUT2D eigenvalue weighted by atomic mass is 32.2. The largest absolute Gasteiger partial charge is 0.409 e. The maximum atomic E-state index is 8.67. The van der Waals surface area contributed by atoms with Crippen LogP contribution in [0.5, 0.6) is 0 Å². The Hall–Kier alpha value is -1.20. The van der Waals surface area contributed by atoms with Crippen LogP contribution in [0.1, 0.15) is 24.0 Å². The van der Waals surface area contributed by atoms with Crippen molar-refractivity contribution in [1.29, 1.82) is 0 Å². The Bertz CT molecular complexity index is 430. The molecule has 1 aromatic rings. The second-order valence-electron chi connectivity index (χ2n) is 4.87. The van der Waals surface area contributed by atoms with Crippen molar-refractivity contribution in [3.63, 3.8) is 0 Å². The van der Waals surface area contributed by atoms with Crippen molar-refractivity contribution >= 4 is 17.6 Å². The SMILES string of the molecule is N/C(=N/O)c1cccc(CNCC2CCSCC2)c1. The molecular formula is C14H21N3OS. The summed E-state index contributed by atoms with van der Waals surface area (Å²) in [7, 11) is 0. The second kappa shape index (κ2) is 7.40. The lowest BCUT2D eigenvalue weighted by atomic mass is 10.0. The quantitative estimate of drug-likeness (QED) is 0.334. The number of nitrogens with two attached hydrogens (primary N) is 1. The fourth-order valence-corrected chi connectivity index (χ4v) is 3.47. The molecule has 1 aliphatic heterocycles. The van der Waals surface area contributed by atoms with Crippen LogP contribution < -0.4 is 11.1 Å². The maximum Gasteiger partial charge on any atom is 0.170 e. The van der Waals surface area contributed by atoms with Gasteiger partial charge in [0.2, 0.25) is 0 Å². The number of oxime groups is 1. The maximum absolute atomic E-state index is 8.67. The lowest BCUT2D eigenvalue weighted by Crippen LogP contribution is -2.25. The van der Waals surface area contributed by atoms with Crippen molar-refractivity contribution in [3.8, 4) is 0 Å². The van der Waals surface area contributed by atoms with Crippen LogP contribution in [-0.2, 0) is 6.54 Å². The third kappa shape index (κ3) is 4.44. The molecule has 0 atom stereocenters. The lowest BCUT2D eigenvalue weighted by Gasteiger charge is -2.21. The first-order valence-electron chi connectivity index (χ1n) is 6.65. The van der Waals surface area contributed by atoms with E-state index in [1.165, 1.54) is 24.3 Å². The topological polar surface area (TPSA) is 70.6 Å². The van der Waals surface area contributed by atoms with Crippen molar-refractivity contribution in [2.75, 3.05) is 18.1 Å². The number of rotatable bonds is 5. The van der Waals surface area contributed by atoms with Crippen molar-refractivity contribution in [2.24, 2.45) is 16.8 Å². The van der Waals surface area contributed by atoms with Crippen LogP contribution in [0.15, 0.2) is 29.4 Å². The molecule has 0 unspecified atom stereocenters. The van der Waals surface area contributed by atoms with Crippen LogP contribution in [-0.4, -0.2) is 29.1 Å². The summed E-state index contributed by atoms with van der Waals surface area (Å²) in [4.78, 5) is 0. The van der Waals surface area contributed by atoms with Gasteiger partial charge in [0.15, 0.2) is 5.84 Å². The molecule has 0 aromatic heterocycles. The Labute approximate surface area is 118 Å². The van der Waals surface area contributed by atoms with Gasteiger partial charge in [-0.05, 0) is 48.4 Å². The summed E-state index contributed by atoms with van der Waals surface area (Å²) < 4.78 is 0. The molecule has 0 bridgehead atoms. The normalized spacial score (nSPS) is 17.6. The number of nitrogens with one attached hydrogen (secondary N) is 1. The molecule has 0 saturated carbocycles. The fraction of sp³-hybridized carbons (Fsp3) is 0.500. The molecule has 19 heavy (non-hydrogen) atoms. The number of hydrogen-bond donors (Lipinski definition) is 3. The Kier molecular flexibility index (Phi) is 5.54. The second-order valence-corrected chi connectivity index (χ2v) is 6.10. The van der Waals surface area contributed by atoms with Gasteiger partial charge < -0.3 is 16.3 Å². The third-order valence-corrected chi connectivity index (χ3v) is 4.48. The summed E-state index contributed by atoms with van der Waals surface area (Å²) in [6.07, 6.45) is 2.64. The number of amidine groups is 1. The molecule has 1 aliphatic rings. The summed E-state index contributed by atoms with van der Waals surface area (Å²) in [6, 6.07) is 7.79. The molecule has 0 amide bonds. The summed E-state index contributed by atoms with van der Waals surface area (Å²) in [5.41, 5.74) is 7.51. The summed E-state index contributed by atoms with van der Waals surface area (Å²) in [6.45, 7) is 1.91. The van der Waals surface area contributed by atoms with E-state index in [1.54, 1.807) is 0 Å². The van der Waals surface area contributed by atoms with E-state index < -0.39 is 0 Å². The fourth-order valence-electron chi connectivity index (χ4n) is 2.27. The van der Waals surface area contributed by atoms with Crippen LogP contribution in [0.2, 0.25) is 0 Å². The van der Waals surface area contributed by atoms with Gasteiger partial charge in [0.05, 0.1) is 0 Å². The average Bonchev–Trinajstić information content (AvgIpc) is 2.48. The molecule has 0 spiro atoms. The van der Waals surface area contributed by atoms with Gasteiger partial charge >= 0.3 is 0 Å². The zero-order valence-corrected chi connectivity index (χ0v) is 11.8. The Balaban J connectivity index is 1.82. The van der Waals surface area contributed by atoms with Gasteiger partial charge in [-0.1, -0.05) is 23.4 Å². The van der Waals surface area contributed by atoms with Crippen LogP contribution in [0, 0.1) is 5.92 Å². The number of hydrogen-bond acceptors (Lipinski definition) is 4. The first kappa shape index (κ1) is 14.2. The zero-order chi connectivity index (χ0) is 13.5. The predicted molar refractivity (Wildman–Crippen MR) is 80.7 cm³/mol. The predicted octanol–water partition coefficient (Wildman–Crippen LogP) is 2.01. The van der Waals surface area contributed by atoms with E-state index in [4.69, 9.17) is 10.9 Å². The number of benzene rings is 1. The third-order valence-electron chi connectivity index (χ3n) is 3.43. The van der Waals surface area contributed by atoms with E-state index in [2.05, 4.69) is 28.3 Å². The standard InChI is InChI=1S/C14H21N3OS/c15-14(17-18)13-3-1-2-12(8-13)10-16-9-11-4-6-19-7-5-11/h1-3,8,11,16,18H,4-7,9-10H2,(H2,15,17). The smallest absolute Gasteiger partial charge is 0.170 e. The van der Waals surface area contributed by atoms with Crippen LogP contribution in [0.4, 0.5) is 0 Å². The van der Waals surface area contributed by atoms with Gasteiger partial charge in [-0.2, -0.15) is 11.8 Å². The van der Waals surface area contributed by atoms with E-state index in [1.807, 2.05) is 18.2 Å². The first-order chi connectivity index (χ1) is 9.29. The van der Waals surface area contributed by atoms with E-state index in [9.17, 15) is 0 Å². The molecule has 1 fully saturated rings. The van der Waals surface area contributed by atoms with Crippen LogP contribution in [0.25, 0.3) is 0 Å². The molecule has 1 aromatic carbocycles. The molecule has 0 radical (unpaired) electrons. The van der Waals surface area contributed by atoms with Gasteiger partial charge in [-0.15, -0.1) is 0 Å². The molecule has 0 aliphatic carbocycles. The van der Waals surface area contributed by atoms with Gasteiger partial charge in [-0.25, -0.2) is 0 Å². The van der Waals surface area contributed by atoms with Crippen molar-refractivity contribution in [2.45, 2.75) is 19.4 Å². The summed E-state index contributed by atoms with van der Waals surface area (Å²) in [5, 5.41) is 15.2. The highest BCUT2D eigenvalue weighted by Crippen LogP contribution is 2.21. The van der Waals surface area contributed by atoms with Gasteiger partial charge in [0.25, 0.3) is 0 Å². The zero-order valence-electron chi connectivity index (χ0n) is 11.0. The van der Waals surface area contributed by atoms with Crippen LogP contribution >= 0.6 is 11.8 Å². The molecular weight excluding hydrogens is 258 g/mol. The summed E-state index contributed by atoms with van der Waals surface area (Å²) in [5.74, 6) is 3.57. The molecule has 1 saturated heterocycles. The van der Waals surface area contributed by atoms with Gasteiger partial charge in [-0.3, -0.25) is 0 Å². The minimum atomic E-state index is 0.158. The molecule has 1 heterocycles. The molecule has 104 valence electrons. The first-order valence-corrected chi connectivity index (χ1v) is 7.80. The van der Waals surface area contributed by atoms with E-state index in [-0.39, 0.29) is 5.84 Å². The molecule has 2 rings (SSSR count). The minimum absolute atomic E-state index is 0.158.